The molecule has 0 fully saturated rings. The van der Waals surface area contributed by atoms with E-state index >= 15 is 0 Å². The number of aryl methyl sites for hydroxylation is 1. The Bertz CT molecular complexity index is 900. The Labute approximate surface area is 161 Å². The quantitative estimate of drug-likeness (QED) is 0.722. The van der Waals surface area contributed by atoms with Gasteiger partial charge in [0.05, 0.1) is 15.6 Å². The van der Waals surface area contributed by atoms with Crippen molar-refractivity contribution >= 4 is 45.4 Å². The predicted molar refractivity (Wildman–Crippen MR) is 106 cm³/mol. The van der Waals surface area contributed by atoms with Crippen molar-refractivity contribution in [3.8, 4) is 0 Å². The first kappa shape index (κ1) is 20.6. The summed E-state index contributed by atoms with van der Waals surface area (Å²) in [4.78, 5) is 36.2. The van der Waals surface area contributed by atoms with Crippen molar-refractivity contribution in [2.24, 2.45) is 5.41 Å². The van der Waals surface area contributed by atoms with Gasteiger partial charge >= 0.3 is 0 Å². The van der Waals surface area contributed by atoms with Crippen LogP contribution in [0.1, 0.15) is 42.9 Å². The van der Waals surface area contributed by atoms with Crippen molar-refractivity contribution in [2.75, 3.05) is 16.0 Å². The van der Waals surface area contributed by atoms with Crippen LogP contribution in [0, 0.1) is 18.2 Å². The lowest BCUT2D eigenvalue weighted by Gasteiger charge is -2.16. The molecule has 1 aromatic carbocycles. The molecule has 0 aliphatic carbocycles. The monoisotopic (exact) mass is 391 g/mol. The minimum atomic E-state index is -0.595. The highest BCUT2D eigenvalue weighted by molar-refractivity contribution is 7.18. The molecular weight excluding hydrogens is 369 g/mol. The molecule has 2 rings (SSSR count). The first-order valence-electron chi connectivity index (χ1n) is 8.27. The number of anilines is 3. The number of carbonyl (C=O) groups is 3. The number of halogens is 1. The SMILES string of the molecule is CC(=O)Nc1cc(NC(=O)c2sc(NC(=O)C(C)(C)C)cc2C)ccc1F. The van der Waals surface area contributed by atoms with Crippen molar-refractivity contribution in [3.05, 3.63) is 40.5 Å². The molecule has 3 amide bonds. The van der Waals surface area contributed by atoms with Gasteiger partial charge in [-0.1, -0.05) is 20.8 Å². The largest absolute Gasteiger partial charge is 0.324 e. The molecule has 6 nitrogen and oxygen atoms in total. The maximum atomic E-state index is 13.7. The first-order valence-corrected chi connectivity index (χ1v) is 9.09. The van der Waals surface area contributed by atoms with Crippen LogP contribution in [0.15, 0.2) is 24.3 Å². The summed E-state index contributed by atoms with van der Waals surface area (Å²) < 4.78 is 13.7. The molecule has 1 heterocycles. The van der Waals surface area contributed by atoms with Crippen molar-refractivity contribution in [3.63, 3.8) is 0 Å². The molecule has 3 N–H and O–H groups in total. The summed E-state index contributed by atoms with van der Waals surface area (Å²) in [6.45, 7) is 8.45. The second-order valence-electron chi connectivity index (χ2n) is 7.16. The second kappa shape index (κ2) is 7.87. The summed E-state index contributed by atoms with van der Waals surface area (Å²) in [7, 11) is 0. The zero-order valence-electron chi connectivity index (χ0n) is 15.8. The maximum Gasteiger partial charge on any atom is 0.266 e. The molecular formula is C19H22FN3O3S. The van der Waals surface area contributed by atoms with E-state index in [1.54, 1.807) is 33.8 Å². The number of hydrogen-bond acceptors (Lipinski definition) is 4. The van der Waals surface area contributed by atoms with Crippen LogP contribution in [0.3, 0.4) is 0 Å². The van der Waals surface area contributed by atoms with Gasteiger partial charge in [-0.25, -0.2) is 4.39 Å². The molecule has 1 aromatic heterocycles. The van der Waals surface area contributed by atoms with Crippen molar-refractivity contribution in [2.45, 2.75) is 34.6 Å². The Kier molecular flexibility index (Phi) is 6.00. The third kappa shape index (κ3) is 5.37. The van der Waals surface area contributed by atoms with E-state index in [0.29, 0.717) is 21.1 Å². The highest BCUT2D eigenvalue weighted by Crippen LogP contribution is 2.29. The molecule has 0 aliphatic rings. The molecule has 0 saturated heterocycles. The predicted octanol–water partition coefficient (Wildman–Crippen LogP) is 4.39. The van der Waals surface area contributed by atoms with Crippen LogP contribution in [0.5, 0.6) is 0 Å². The summed E-state index contributed by atoms with van der Waals surface area (Å²) in [6, 6.07) is 5.65. The fraction of sp³-hybridized carbons (Fsp3) is 0.316. The summed E-state index contributed by atoms with van der Waals surface area (Å²) in [6.07, 6.45) is 0. The molecule has 8 heteroatoms. The average molecular weight is 391 g/mol. The van der Waals surface area contributed by atoms with E-state index in [-0.39, 0.29) is 17.5 Å². The van der Waals surface area contributed by atoms with E-state index in [1.165, 1.54) is 19.1 Å². The van der Waals surface area contributed by atoms with Gasteiger partial charge in [0.25, 0.3) is 5.91 Å². The lowest BCUT2D eigenvalue weighted by molar-refractivity contribution is -0.123. The van der Waals surface area contributed by atoms with Crippen LogP contribution in [0.25, 0.3) is 0 Å². The molecule has 0 saturated carbocycles. The summed E-state index contributed by atoms with van der Waals surface area (Å²) >= 11 is 1.16. The molecule has 2 aromatic rings. The Balaban J connectivity index is 2.17. The molecule has 0 aliphatic heterocycles. The fourth-order valence-electron chi connectivity index (χ4n) is 2.14. The van der Waals surface area contributed by atoms with Gasteiger partial charge in [-0.2, -0.15) is 0 Å². The van der Waals surface area contributed by atoms with E-state index in [1.807, 2.05) is 0 Å². The van der Waals surface area contributed by atoms with Gasteiger partial charge in [-0.15, -0.1) is 11.3 Å². The standard InChI is InChI=1S/C19H22FN3O3S/c1-10-8-15(23-18(26)19(3,4)5)27-16(10)17(25)22-12-6-7-13(20)14(9-12)21-11(2)24/h6-9H,1-5H3,(H,21,24)(H,22,25)(H,23,26). The molecule has 144 valence electrons. The Hall–Kier alpha value is -2.74. The second-order valence-corrected chi connectivity index (χ2v) is 8.21. The van der Waals surface area contributed by atoms with Gasteiger partial charge in [0.2, 0.25) is 11.8 Å². The smallest absolute Gasteiger partial charge is 0.266 e. The third-order valence-electron chi connectivity index (χ3n) is 3.58. The lowest BCUT2D eigenvalue weighted by atomic mass is 9.96. The Morgan fingerprint density at radius 2 is 1.70 bits per heavy atom. The van der Waals surface area contributed by atoms with Crippen LogP contribution >= 0.6 is 11.3 Å². The van der Waals surface area contributed by atoms with Gasteiger partial charge in [0, 0.05) is 18.0 Å². The lowest BCUT2D eigenvalue weighted by Crippen LogP contribution is -2.27. The number of hydrogen-bond donors (Lipinski definition) is 3. The van der Waals surface area contributed by atoms with Crippen molar-refractivity contribution in [1.82, 2.24) is 0 Å². The van der Waals surface area contributed by atoms with Crippen LogP contribution < -0.4 is 16.0 Å². The zero-order chi connectivity index (χ0) is 20.4. The van der Waals surface area contributed by atoms with E-state index < -0.39 is 17.1 Å². The fourth-order valence-corrected chi connectivity index (χ4v) is 3.11. The minimum absolute atomic E-state index is 0.0127. The summed E-state index contributed by atoms with van der Waals surface area (Å²) in [5.74, 6) is -1.53. The van der Waals surface area contributed by atoms with E-state index in [4.69, 9.17) is 0 Å². The van der Waals surface area contributed by atoms with Crippen LogP contribution in [-0.4, -0.2) is 17.7 Å². The average Bonchev–Trinajstić information content (AvgIpc) is 2.89. The number of benzene rings is 1. The first-order chi connectivity index (χ1) is 12.5. The highest BCUT2D eigenvalue weighted by atomic mass is 32.1. The number of thiophene rings is 1. The minimum Gasteiger partial charge on any atom is -0.324 e. The molecule has 0 atom stereocenters. The van der Waals surface area contributed by atoms with Gasteiger partial charge < -0.3 is 16.0 Å². The summed E-state index contributed by atoms with van der Waals surface area (Å²) in [5, 5.41) is 8.43. The number of amides is 3. The van der Waals surface area contributed by atoms with Gasteiger partial charge in [-0.05, 0) is 36.8 Å². The Morgan fingerprint density at radius 1 is 1.04 bits per heavy atom. The van der Waals surface area contributed by atoms with E-state index in [9.17, 15) is 18.8 Å². The molecule has 27 heavy (non-hydrogen) atoms. The van der Waals surface area contributed by atoms with Gasteiger partial charge in [0.1, 0.15) is 5.82 Å². The number of rotatable bonds is 4. The number of nitrogens with one attached hydrogen (secondary N) is 3. The van der Waals surface area contributed by atoms with Crippen LogP contribution in [0.2, 0.25) is 0 Å². The molecule has 0 bridgehead atoms. The molecule has 0 spiro atoms. The van der Waals surface area contributed by atoms with Crippen molar-refractivity contribution in [1.29, 1.82) is 0 Å². The van der Waals surface area contributed by atoms with E-state index in [0.717, 1.165) is 17.4 Å². The topological polar surface area (TPSA) is 87.3 Å². The molecule has 0 radical (unpaired) electrons. The van der Waals surface area contributed by atoms with Crippen LogP contribution in [-0.2, 0) is 9.59 Å². The maximum absolute atomic E-state index is 13.7. The van der Waals surface area contributed by atoms with Gasteiger partial charge in [-0.3, -0.25) is 14.4 Å². The third-order valence-corrected chi connectivity index (χ3v) is 4.73. The van der Waals surface area contributed by atoms with Crippen molar-refractivity contribution < 1.29 is 18.8 Å². The zero-order valence-corrected chi connectivity index (χ0v) is 16.6. The van der Waals surface area contributed by atoms with Gasteiger partial charge in [0.15, 0.2) is 0 Å². The Morgan fingerprint density at radius 3 is 2.30 bits per heavy atom. The van der Waals surface area contributed by atoms with Crippen LogP contribution in [0.4, 0.5) is 20.8 Å². The normalized spacial score (nSPS) is 11.0. The van der Waals surface area contributed by atoms with E-state index in [2.05, 4.69) is 16.0 Å². The highest BCUT2D eigenvalue weighted by Gasteiger charge is 2.23. The number of carbonyl (C=O) groups excluding carboxylic acids is 3. The summed E-state index contributed by atoms with van der Waals surface area (Å²) in [5.41, 5.74) is 0.500. The molecule has 0 unspecified atom stereocenters.